The first-order chi connectivity index (χ1) is 41.0. The molecule has 0 rings (SSSR count). The number of esters is 3. The van der Waals surface area contributed by atoms with Gasteiger partial charge in [0.1, 0.15) is 13.2 Å². The van der Waals surface area contributed by atoms with Crippen LogP contribution in [0, 0.1) is 0 Å². The molecule has 83 heavy (non-hydrogen) atoms. The molecular formula is C77H138O6. The maximum absolute atomic E-state index is 12.9. The molecule has 0 saturated carbocycles. The van der Waals surface area contributed by atoms with E-state index >= 15 is 0 Å². The number of rotatable bonds is 67. The van der Waals surface area contributed by atoms with E-state index in [4.69, 9.17) is 14.2 Å². The molecule has 482 valence electrons. The van der Waals surface area contributed by atoms with Crippen LogP contribution in [0.5, 0.6) is 0 Å². The minimum absolute atomic E-state index is 0.0776. The van der Waals surface area contributed by atoms with Crippen molar-refractivity contribution in [3.05, 3.63) is 72.9 Å². The van der Waals surface area contributed by atoms with Crippen LogP contribution >= 0.6 is 0 Å². The lowest BCUT2D eigenvalue weighted by Crippen LogP contribution is -2.30. The third kappa shape index (κ3) is 69.5. The average Bonchev–Trinajstić information content (AvgIpc) is 3.49. The maximum Gasteiger partial charge on any atom is 0.306 e. The van der Waals surface area contributed by atoms with E-state index in [2.05, 4.69) is 93.7 Å². The molecule has 0 aromatic rings. The number of carbonyl (C=O) groups is 3. The smallest absolute Gasteiger partial charge is 0.306 e. The minimum Gasteiger partial charge on any atom is -0.462 e. The van der Waals surface area contributed by atoms with Crippen molar-refractivity contribution >= 4 is 17.9 Å². The molecule has 6 heteroatoms. The second-order valence-corrected chi connectivity index (χ2v) is 24.5. The van der Waals surface area contributed by atoms with E-state index in [1.807, 2.05) is 0 Å². The molecular weight excluding hydrogens is 1020 g/mol. The van der Waals surface area contributed by atoms with Gasteiger partial charge in [-0.2, -0.15) is 0 Å². The van der Waals surface area contributed by atoms with Crippen LogP contribution in [0.2, 0.25) is 0 Å². The van der Waals surface area contributed by atoms with Gasteiger partial charge in [-0.3, -0.25) is 14.4 Å². The number of unbranched alkanes of at least 4 members (excludes halogenated alkanes) is 44. The molecule has 0 aliphatic heterocycles. The molecule has 0 aliphatic rings. The summed E-state index contributed by atoms with van der Waals surface area (Å²) in [6, 6.07) is 0. The Balaban J connectivity index is 4.19. The number of hydrogen-bond acceptors (Lipinski definition) is 6. The number of carbonyl (C=O) groups excluding carboxylic acids is 3. The summed E-state index contributed by atoms with van der Waals surface area (Å²) in [5.41, 5.74) is 0. The summed E-state index contributed by atoms with van der Waals surface area (Å²) < 4.78 is 17.0. The van der Waals surface area contributed by atoms with Crippen molar-refractivity contribution in [1.82, 2.24) is 0 Å². The fourth-order valence-electron chi connectivity index (χ4n) is 10.7. The Morgan fingerprint density at radius 2 is 0.434 bits per heavy atom. The third-order valence-electron chi connectivity index (χ3n) is 16.2. The lowest BCUT2D eigenvalue weighted by Gasteiger charge is -2.18. The van der Waals surface area contributed by atoms with Gasteiger partial charge in [-0.25, -0.2) is 0 Å². The van der Waals surface area contributed by atoms with Crippen LogP contribution in [0.4, 0.5) is 0 Å². The molecule has 0 aromatic heterocycles. The highest BCUT2D eigenvalue weighted by atomic mass is 16.6. The van der Waals surface area contributed by atoms with E-state index in [1.54, 1.807) is 0 Å². The molecule has 0 fully saturated rings. The van der Waals surface area contributed by atoms with Gasteiger partial charge in [0.25, 0.3) is 0 Å². The summed E-state index contributed by atoms with van der Waals surface area (Å²) >= 11 is 0. The van der Waals surface area contributed by atoms with Crippen molar-refractivity contribution in [1.29, 1.82) is 0 Å². The SMILES string of the molecule is CCCCC/C=C\C/C=C\CCCCCCCCCC(=O)OC(COC(=O)CCCCCCC/C=C\CCCCCCCC)COC(=O)CCCCCCCCCCCCCCCCCCCC/C=C\C/C=C\C/C=C\CCCCCCC. The van der Waals surface area contributed by atoms with Gasteiger partial charge in [0.2, 0.25) is 0 Å². The Bertz CT molecular complexity index is 1520. The summed E-state index contributed by atoms with van der Waals surface area (Å²) in [6.07, 6.45) is 93.7. The van der Waals surface area contributed by atoms with E-state index in [-0.39, 0.29) is 31.1 Å². The number of allylic oxidation sites excluding steroid dienone is 12. The molecule has 0 heterocycles. The van der Waals surface area contributed by atoms with Crippen LogP contribution in [-0.4, -0.2) is 37.2 Å². The second kappa shape index (κ2) is 71.3. The zero-order valence-corrected chi connectivity index (χ0v) is 55.5. The molecule has 0 aromatic carbocycles. The predicted octanol–water partition coefficient (Wildman–Crippen LogP) is 25.2. The Morgan fingerprint density at radius 3 is 0.711 bits per heavy atom. The van der Waals surface area contributed by atoms with Crippen molar-refractivity contribution in [2.45, 2.75) is 386 Å². The minimum atomic E-state index is -0.783. The van der Waals surface area contributed by atoms with E-state index in [0.29, 0.717) is 19.3 Å². The van der Waals surface area contributed by atoms with Gasteiger partial charge < -0.3 is 14.2 Å². The molecule has 0 radical (unpaired) electrons. The van der Waals surface area contributed by atoms with Crippen LogP contribution in [0.25, 0.3) is 0 Å². The average molecular weight is 1160 g/mol. The highest BCUT2D eigenvalue weighted by Crippen LogP contribution is 2.18. The topological polar surface area (TPSA) is 78.9 Å². The monoisotopic (exact) mass is 1160 g/mol. The van der Waals surface area contributed by atoms with Crippen LogP contribution < -0.4 is 0 Å². The highest BCUT2D eigenvalue weighted by Gasteiger charge is 2.19. The highest BCUT2D eigenvalue weighted by molar-refractivity contribution is 5.71. The first kappa shape index (κ1) is 79.8. The van der Waals surface area contributed by atoms with E-state index < -0.39 is 6.10 Å². The van der Waals surface area contributed by atoms with Crippen molar-refractivity contribution in [3.63, 3.8) is 0 Å². The summed E-state index contributed by atoms with van der Waals surface area (Å²) in [7, 11) is 0. The Morgan fingerprint density at radius 1 is 0.241 bits per heavy atom. The molecule has 0 bridgehead atoms. The van der Waals surface area contributed by atoms with Crippen molar-refractivity contribution in [2.75, 3.05) is 13.2 Å². The van der Waals surface area contributed by atoms with Gasteiger partial charge in [-0.1, -0.05) is 318 Å². The molecule has 0 spiro atoms. The Kier molecular flexibility index (Phi) is 68.6. The lowest BCUT2D eigenvalue weighted by atomic mass is 10.0. The first-order valence-corrected chi connectivity index (χ1v) is 36.4. The molecule has 6 nitrogen and oxygen atoms in total. The lowest BCUT2D eigenvalue weighted by molar-refractivity contribution is -0.167. The van der Waals surface area contributed by atoms with E-state index in [0.717, 1.165) is 89.9 Å². The molecule has 0 aliphatic carbocycles. The second-order valence-electron chi connectivity index (χ2n) is 24.5. The molecule has 1 unspecified atom stereocenters. The number of hydrogen-bond donors (Lipinski definition) is 0. The van der Waals surface area contributed by atoms with Crippen molar-refractivity contribution < 1.29 is 28.6 Å². The van der Waals surface area contributed by atoms with E-state index in [1.165, 1.54) is 250 Å². The molecule has 0 amide bonds. The Labute approximate surface area is 516 Å². The van der Waals surface area contributed by atoms with E-state index in [9.17, 15) is 14.4 Å². The zero-order chi connectivity index (χ0) is 59.9. The van der Waals surface area contributed by atoms with Crippen molar-refractivity contribution in [3.8, 4) is 0 Å². The van der Waals surface area contributed by atoms with Gasteiger partial charge in [-0.05, 0) is 116 Å². The first-order valence-electron chi connectivity index (χ1n) is 36.4. The zero-order valence-electron chi connectivity index (χ0n) is 55.5. The standard InChI is InChI=1S/C77H138O6/c1-4-7-10-13-16-19-22-25-28-30-31-32-33-34-35-36-37-38-39-40-41-42-43-44-45-47-49-52-55-58-61-64-67-70-76(79)82-73-74(72-81-75(78)69-66-63-60-57-54-51-48-27-24-21-18-15-12-9-6-3)83-77(80)71-68-65-62-59-56-53-50-46-29-26-23-20-17-14-11-8-5-2/h17,20,22,25-27,29-31,33-34,48,74H,4-16,18-19,21,23-24,28,32,35-47,49-73H2,1-3H3/b20-17-,25-22-,29-26-,31-30-,34-33-,48-27-. The van der Waals surface area contributed by atoms with Gasteiger partial charge in [-0.15, -0.1) is 0 Å². The molecule has 0 N–H and O–H groups in total. The van der Waals surface area contributed by atoms with Crippen LogP contribution in [0.15, 0.2) is 72.9 Å². The molecule has 0 saturated heterocycles. The summed E-state index contributed by atoms with van der Waals surface area (Å²) in [5.74, 6) is -0.873. The summed E-state index contributed by atoms with van der Waals surface area (Å²) in [6.45, 7) is 6.64. The molecule has 1 atom stereocenters. The van der Waals surface area contributed by atoms with Crippen LogP contribution in [0.3, 0.4) is 0 Å². The quantitative estimate of drug-likeness (QED) is 0.0261. The normalized spacial score (nSPS) is 12.5. The Hall–Kier alpha value is -3.15. The predicted molar refractivity (Wildman–Crippen MR) is 362 cm³/mol. The van der Waals surface area contributed by atoms with Gasteiger partial charge in [0.15, 0.2) is 6.10 Å². The fourth-order valence-corrected chi connectivity index (χ4v) is 10.7. The summed E-state index contributed by atoms with van der Waals surface area (Å²) in [4.78, 5) is 38.4. The fraction of sp³-hybridized carbons (Fsp3) is 0.805. The van der Waals surface area contributed by atoms with Crippen LogP contribution in [0.1, 0.15) is 380 Å². The van der Waals surface area contributed by atoms with Gasteiger partial charge in [0, 0.05) is 19.3 Å². The largest absolute Gasteiger partial charge is 0.462 e. The third-order valence-corrected chi connectivity index (χ3v) is 16.2. The van der Waals surface area contributed by atoms with Crippen molar-refractivity contribution in [2.24, 2.45) is 0 Å². The number of ether oxygens (including phenoxy) is 3. The van der Waals surface area contributed by atoms with Gasteiger partial charge in [0.05, 0.1) is 0 Å². The van der Waals surface area contributed by atoms with Crippen LogP contribution in [-0.2, 0) is 28.6 Å². The summed E-state index contributed by atoms with van der Waals surface area (Å²) in [5, 5.41) is 0. The van der Waals surface area contributed by atoms with Gasteiger partial charge >= 0.3 is 17.9 Å². The maximum atomic E-state index is 12.9.